The van der Waals surface area contributed by atoms with Gasteiger partial charge in [-0.3, -0.25) is 19.4 Å². The molecular weight excluding hydrogens is 498 g/mol. The van der Waals surface area contributed by atoms with Gasteiger partial charge in [0.25, 0.3) is 0 Å². The smallest absolute Gasteiger partial charge is 0.249 e. The van der Waals surface area contributed by atoms with Gasteiger partial charge in [-0.25, -0.2) is 0 Å². The summed E-state index contributed by atoms with van der Waals surface area (Å²) in [7, 11) is 0. The van der Waals surface area contributed by atoms with Crippen LogP contribution < -0.4 is 27.8 Å². The van der Waals surface area contributed by atoms with Gasteiger partial charge in [0, 0.05) is 31.6 Å². The van der Waals surface area contributed by atoms with E-state index in [9.17, 15) is 14.4 Å². The van der Waals surface area contributed by atoms with Gasteiger partial charge < -0.3 is 37.5 Å². The van der Waals surface area contributed by atoms with Crippen LogP contribution in [0.2, 0.25) is 0 Å². The number of nitrogens with two attached hydrogens (primary N) is 3. The van der Waals surface area contributed by atoms with E-state index in [0.29, 0.717) is 18.8 Å². The number of nitrogens with one attached hydrogen (secondary N) is 2. The third-order valence-corrected chi connectivity index (χ3v) is 6.15. The van der Waals surface area contributed by atoms with Crippen molar-refractivity contribution in [3.63, 3.8) is 0 Å². The molecule has 0 fully saturated rings. The van der Waals surface area contributed by atoms with Crippen LogP contribution in [0.1, 0.15) is 18.9 Å². The topological polar surface area (TPSA) is 179 Å². The third kappa shape index (κ3) is 8.82. The highest BCUT2D eigenvalue weighted by atomic mass is 16.5. The lowest BCUT2D eigenvalue weighted by Gasteiger charge is -2.27. The zero-order valence-electron chi connectivity index (χ0n) is 22.1. The first-order valence-electron chi connectivity index (χ1n) is 12.9. The van der Waals surface area contributed by atoms with E-state index in [-0.39, 0.29) is 32.0 Å². The molecule has 3 unspecified atom stereocenters. The molecule has 8 N–H and O–H groups in total. The first kappa shape index (κ1) is 29.7. The van der Waals surface area contributed by atoms with Crippen molar-refractivity contribution in [3.8, 4) is 0 Å². The Morgan fingerprint density at radius 2 is 1.64 bits per heavy atom. The van der Waals surface area contributed by atoms with E-state index in [4.69, 9.17) is 21.9 Å². The number of carbonyl (C=O) groups is 3. The molecule has 208 valence electrons. The zero-order valence-corrected chi connectivity index (χ0v) is 22.1. The molecule has 0 aliphatic carbocycles. The number of anilines is 1. The van der Waals surface area contributed by atoms with Crippen LogP contribution in [0.15, 0.2) is 66.9 Å². The van der Waals surface area contributed by atoms with E-state index in [1.807, 2.05) is 54.6 Å². The molecule has 1 aromatic heterocycles. The number of benzene rings is 2. The maximum absolute atomic E-state index is 13.4. The summed E-state index contributed by atoms with van der Waals surface area (Å²) in [6.45, 7) is 3.05. The van der Waals surface area contributed by atoms with Gasteiger partial charge in [0.1, 0.15) is 6.04 Å². The number of fused-ring (bicyclic) bond motifs is 1. The highest BCUT2D eigenvalue weighted by Gasteiger charge is 2.31. The lowest BCUT2D eigenvalue weighted by atomic mass is 10.1. The highest BCUT2D eigenvalue weighted by Crippen LogP contribution is 2.17. The van der Waals surface area contributed by atoms with Gasteiger partial charge in [-0.2, -0.15) is 0 Å². The van der Waals surface area contributed by atoms with Crippen LogP contribution in [0.3, 0.4) is 0 Å². The summed E-state index contributed by atoms with van der Waals surface area (Å²) in [6, 6.07) is 16.5. The van der Waals surface area contributed by atoms with Gasteiger partial charge in [0.2, 0.25) is 17.7 Å². The van der Waals surface area contributed by atoms with Crippen molar-refractivity contribution in [1.29, 1.82) is 0 Å². The number of aromatic nitrogens is 1. The van der Waals surface area contributed by atoms with Gasteiger partial charge in [-0.05, 0) is 24.6 Å². The summed E-state index contributed by atoms with van der Waals surface area (Å²) in [5.74, 6) is -1.51. The fraction of sp³-hybridized carbons (Fsp3) is 0.357. The standard InChI is InChI=1S/C28H37N7O4/c1-19(39-18-20-7-3-2-4-8-20)26(28(38)33-22-15-21-9-5-6-10-24(21)32-17-22)34-27(37)23(31)16-25(36)35(13-11-29)14-12-30/h2-10,15,17,19,23,26H,11-14,16,18,29-31H2,1H3,(H,33,38)(H,34,37). The summed E-state index contributed by atoms with van der Waals surface area (Å²) in [4.78, 5) is 44.9. The predicted molar refractivity (Wildman–Crippen MR) is 150 cm³/mol. The largest absolute Gasteiger partial charge is 0.371 e. The number of hydrogen-bond donors (Lipinski definition) is 5. The van der Waals surface area contributed by atoms with Crippen molar-refractivity contribution in [3.05, 3.63) is 72.4 Å². The van der Waals surface area contributed by atoms with E-state index in [0.717, 1.165) is 16.5 Å². The third-order valence-electron chi connectivity index (χ3n) is 6.15. The van der Waals surface area contributed by atoms with Crippen molar-refractivity contribution in [2.24, 2.45) is 17.2 Å². The van der Waals surface area contributed by atoms with E-state index < -0.39 is 30.0 Å². The number of pyridine rings is 1. The van der Waals surface area contributed by atoms with Gasteiger partial charge in [-0.1, -0.05) is 48.5 Å². The second-order valence-corrected chi connectivity index (χ2v) is 9.16. The second kappa shape index (κ2) is 14.9. The predicted octanol–water partition coefficient (Wildman–Crippen LogP) is 0.727. The van der Waals surface area contributed by atoms with Crippen molar-refractivity contribution >= 4 is 34.3 Å². The second-order valence-electron chi connectivity index (χ2n) is 9.16. The normalized spacial score (nSPS) is 13.3. The number of amides is 3. The Bertz CT molecular complexity index is 1230. The number of para-hydroxylation sites is 1. The number of carbonyl (C=O) groups excluding carboxylic acids is 3. The van der Waals surface area contributed by atoms with E-state index in [2.05, 4.69) is 15.6 Å². The minimum atomic E-state index is -1.19. The van der Waals surface area contributed by atoms with Gasteiger partial charge >= 0.3 is 0 Å². The molecule has 3 aromatic rings. The molecule has 0 saturated heterocycles. The molecule has 2 aromatic carbocycles. The minimum absolute atomic E-state index is 0.233. The fourth-order valence-electron chi connectivity index (χ4n) is 4.00. The van der Waals surface area contributed by atoms with E-state index in [1.165, 1.54) is 4.90 Å². The molecule has 0 radical (unpaired) electrons. The number of nitrogens with zero attached hydrogens (tertiary/aromatic N) is 2. The lowest BCUT2D eigenvalue weighted by molar-refractivity contribution is -0.135. The molecule has 39 heavy (non-hydrogen) atoms. The number of ether oxygens (including phenoxy) is 1. The molecule has 0 spiro atoms. The Kier molecular flexibility index (Phi) is 11.3. The van der Waals surface area contributed by atoms with Crippen LogP contribution in [0.25, 0.3) is 10.9 Å². The van der Waals surface area contributed by atoms with Gasteiger partial charge in [0.15, 0.2) is 0 Å². The first-order chi connectivity index (χ1) is 18.8. The van der Waals surface area contributed by atoms with Crippen LogP contribution in [-0.2, 0) is 25.7 Å². The summed E-state index contributed by atoms with van der Waals surface area (Å²) < 4.78 is 5.95. The van der Waals surface area contributed by atoms with E-state index in [1.54, 1.807) is 19.2 Å². The molecule has 0 aliphatic rings. The molecule has 3 atom stereocenters. The average molecular weight is 536 g/mol. The molecule has 11 heteroatoms. The summed E-state index contributed by atoms with van der Waals surface area (Å²) >= 11 is 0. The molecule has 0 bridgehead atoms. The van der Waals surface area contributed by atoms with Crippen molar-refractivity contribution in [2.45, 2.75) is 38.1 Å². The molecule has 0 saturated carbocycles. The Morgan fingerprint density at radius 1 is 0.974 bits per heavy atom. The first-order valence-corrected chi connectivity index (χ1v) is 12.9. The number of rotatable bonds is 14. The molecule has 0 aliphatic heterocycles. The van der Waals surface area contributed by atoms with Gasteiger partial charge in [0.05, 0.1) is 42.6 Å². The van der Waals surface area contributed by atoms with Gasteiger partial charge in [-0.15, -0.1) is 0 Å². The van der Waals surface area contributed by atoms with Crippen LogP contribution >= 0.6 is 0 Å². The van der Waals surface area contributed by atoms with Crippen molar-refractivity contribution < 1.29 is 19.1 Å². The fourth-order valence-corrected chi connectivity index (χ4v) is 4.00. The van der Waals surface area contributed by atoms with Crippen molar-refractivity contribution in [1.82, 2.24) is 15.2 Å². The monoisotopic (exact) mass is 535 g/mol. The Morgan fingerprint density at radius 3 is 2.33 bits per heavy atom. The van der Waals surface area contributed by atoms with Crippen LogP contribution in [0, 0.1) is 0 Å². The summed E-state index contributed by atoms with van der Waals surface area (Å²) in [5, 5.41) is 6.34. The quantitative estimate of drug-likeness (QED) is 0.200. The maximum Gasteiger partial charge on any atom is 0.249 e. The van der Waals surface area contributed by atoms with Crippen LogP contribution in [0.4, 0.5) is 5.69 Å². The molecule has 11 nitrogen and oxygen atoms in total. The Labute approximate surface area is 228 Å². The van der Waals surface area contributed by atoms with Crippen LogP contribution in [-0.4, -0.2) is 72.0 Å². The molecule has 1 heterocycles. The minimum Gasteiger partial charge on any atom is -0.371 e. The molecule has 3 amide bonds. The maximum atomic E-state index is 13.4. The highest BCUT2D eigenvalue weighted by molar-refractivity contribution is 5.99. The van der Waals surface area contributed by atoms with Crippen LogP contribution in [0.5, 0.6) is 0 Å². The summed E-state index contributed by atoms with van der Waals surface area (Å²) in [5.41, 5.74) is 19.4. The Balaban J connectivity index is 1.72. The molecule has 3 rings (SSSR count). The molecular formula is C28H37N7O4. The Hall–Kier alpha value is -3.90. The zero-order chi connectivity index (χ0) is 28.2. The number of hydrogen-bond acceptors (Lipinski definition) is 8. The van der Waals surface area contributed by atoms with Crippen molar-refractivity contribution in [2.75, 3.05) is 31.5 Å². The summed E-state index contributed by atoms with van der Waals surface area (Å²) in [6.07, 6.45) is 0.563. The average Bonchev–Trinajstić information content (AvgIpc) is 2.94. The SMILES string of the molecule is CC(OCc1ccccc1)C(NC(=O)C(N)CC(=O)N(CCN)CCN)C(=O)Nc1cnc2ccccc2c1. The van der Waals surface area contributed by atoms with E-state index >= 15 is 0 Å². The lowest BCUT2D eigenvalue weighted by Crippen LogP contribution is -2.55.